The molecular formula is C13H18O2. The van der Waals surface area contributed by atoms with Gasteiger partial charge < -0.3 is 0 Å². The summed E-state index contributed by atoms with van der Waals surface area (Å²) in [6.45, 7) is 5.95. The van der Waals surface area contributed by atoms with Crippen LogP contribution in [0.25, 0.3) is 0 Å². The van der Waals surface area contributed by atoms with Crippen molar-refractivity contribution < 1.29 is 9.59 Å². The van der Waals surface area contributed by atoms with Gasteiger partial charge in [-0.3, -0.25) is 9.59 Å². The van der Waals surface area contributed by atoms with E-state index in [2.05, 4.69) is 0 Å². The van der Waals surface area contributed by atoms with Crippen molar-refractivity contribution in [2.45, 2.75) is 40.0 Å². The number of carbonyl (C=O) groups is 2. The van der Waals surface area contributed by atoms with Crippen LogP contribution in [0.1, 0.15) is 40.0 Å². The largest absolute Gasteiger partial charge is 0.299 e. The summed E-state index contributed by atoms with van der Waals surface area (Å²) >= 11 is 0. The molecule has 2 aliphatic rings. The standard InChI is InChI=1S/C13H18O2/c1-8-6-10-9(11(14)7-8)4-5-13(2,3)12(10)15/h7,9-10H,4-6H2,1-3H3/t9-,10+/m1/s1. The predicted molar refractivity (Wildman–Crippen MR) is 58.4 cm³/mol. The highest BCUT2D eigenvalue weighted by Crippen LogP contribution is 2.43. The van der Waals surface area contributed by atoms with Crippen molar-refractivity contribution in [2.75, 3.05) is 0 Å². The van der Waals surface area contributed by atoms with E-state index in [1.807, 2.05) is 20.8 Å². The van der Waals surface area contributed by atoms with Gasteiger partial charge in [0.2, 0.25) is 0 Å². The van der Waals surface area contributed by atoms with Gasteiger partial charge in [-0.1, -0.05) is 19.4 Å². The molecule has 2 heteroatoms. The molecule has 0 amide bonds. The van der Waals surface area contributed by atoms with Crippen LogP contribution in [0.5, 0.6) is 0 Å². The molecule has 0 heterocycles. The van der Waals surface area contributed by atoms with Crippen molar-refractivity contribution in [1.29, 1.82) is 0 Å². The molecule has 0 aromatic rings. The summed E-state index contributed by atoms with van der Waals surface area (Å²) < 4.78 is 0. The van der Waals surface area contributed by atoms with E-state index >= 15 is 0 Å². The zero-order valence-electron chi connectivity index (χ0n) is 9.67. The zero-order valence-corrected chi connectivity index (χ0v) is 9.67. The fraction of sp³-hybridized carbons (Fsp3) is 0.692. The number of rotatable bonds is 0. The molecule has 2 rings (SSSR count). The Morgan fingerprint density at radius 2 is 1.93 bits per heavy atom. The first kappa shape index (κ1) is 10.6. The van der Waals surface area contributed by atoms with Gasteiger partial charge in [-0.05, 0) is 32.3 Å². The van der Waals surface area contributed by atoms with Crippen molar-refractivity contribution >= 4 is 11.6 Å². The van der Waals surface area contributed by atoms with Gasteiger partial charge in [0.05, 0.1) is 0 Å². The van der Waals surface area contributed by atoms with Crippen LogP contribution in [0.4, 0.5) is 0 Å². The highest BCUT2D eigenvalue weighted by Gasteiger charge is 2.46. The molecule has 0 N–H and O–H groups in total. The topological polar surface area (TPSA) is 34.1 Å². The average molecular weight is 206 g/mol. The maximum atomic E-state index is 12.2. The lowest BCUT2D eigenvalue weighted by atomic mass is 9.62. The molecule has 0 saturated heterocycles. The van der Waals surface area contributed by atoms with Gasteiger partial charge in [0.25, 0.3) is 0 Å². The van der Waals surface area contributed by atoms with Crippen LogP contribution in [0.2, 0.25) is 0 Å². The highest BCUT2D eigenvalue weighted by molar-refractivity contribution is 6.00. The third-order valence-electron chi connectivity index (χ3n) is 3.87. The maximum absolute atomic E-state index is 12.2. The summed E-state index contributed by atoms with van der Waals surface area (Å²) in [7, 11) is 0. The maximum Gasteiger partial charge on any atom is 0.159 e. The number of carbonyl (C=O) groups excluding carboxylic acids is 2. The molecule has 2 nitrogen and oxygen atoms in total. The first-order valence-corrected chi connectivity index (χ1v) is 5.67. The van der Waals surface area contributed by atoms with E-state index in [0.717, 1.165) is 24.8 Å². The van der Waals surface area contributed by atoms with Gasteiger partial charge >= 0.3 is 0 Å². The normalized spacial score (nSPS) is 34.7. The molecule has 15 heavy (non-hydrogen) atoms. The van der Waals surface area contributed by atoms with E-state index in [-0.39, 0.29) is 23.0 Å². The van der Waals surface area contributed by atoms with Crippen LogP contribution in [-0.2, 0) is 9.59 Å². The fourth-order valence-corrected chi connectivity index (χ4v) is 2.86. The van der Waals surface area contributed by atoms with Gasteiger partial charge in [-0.15, -0.1) is 0 Å². The molecule has 1 fully saturated rings. The van der Waals surface area contributed by atoms with Crippen LogP contribution < -0.4 is 0 Å². The molecule has 82 valence electrons. The molecule has 0 radical (unpaired) electrons. The van der Waals surface area contributed by atoms with Crippen LogP contribution in [0.3, 0.4) is 0 Å². The molecule has 0 bridgehead atoms. The van der Waals surface area contributed by atoms with E-state index in [1.54, 1.807) is 6.08 Å². The van der Waals surface area contributed by atoms with E-state index < -0.39 is 0 Å². The zero-order chi connectivity index (χ0) is 11.2. The Bertz CT molecular complexity index is 350. The van der Waals surface area contributed by atoms with E-state index in [4.69, 9.17) is 0 Å². The number of allylic oxidation sites excluding steroid dienone is 2. The molecule has 0 aromatic heterocycles. The molecule has 2 atom stereocenters. The average Bonchev–Trinajstić information content (AvgIpc) is 2.12. The minimum Gasteiger partial charge on any atom is -0.299 e. The van der Waals surface area contributed by atoms with Crippen molar-refractivity contribution in [3.8, 4) is 0 Å². The number of ketones is 2. The Hall–Kier alpha value is -0.920. The second-order valence-electron chi connectivity index (χ2n) is 5.60. The van der Waals surface area contributed by atoms with Crippen molar-refractivity contribution in [1.82, 2.24) is 0 Å². The van der Waals surface area contributed by atoms with Crippen LogP contribution in [0.15, 0.2) is 11.6 Å². The summed E-state index contributed by atoms with van der Waals surface area (Å²) in [6, 6.07) is 0. The highest BCUT2D eigenvalue weighted by atomic mass is 16.1. The molecular weight excluding hydrogens is 188 g/mol. The Balaban J connectivity index is 2.32. The fourth-order valence-electron chi connectivity index (χ4n) is 2.86. The second kappa shape index (κ2) is 3.29. The second-order valence-corrected chi connectivity index (χ2v) is 5.60. The van der Waals surface area contributed by atoms with Crippen molar-refractivity contribution in [3.05, 3.63) is 11.6 Å². The third kappa shape index (κ3) is 1.66. The molecule has 2 aliphatic carbocycles. The lowest BCUT2D eigenvalue weighted by molar-refractivity contribution is -0.141. The molecule has 0 aliphatic heterocycles. The molecule has 1 saturated carbocycles. The van der Waals surface area contributed by atoms with Crippen molar-refractivity contribution in [2.24, 2.45) is 17.3 Å². The third-order valence-corrected chi connectivity index (χ3v) is 3.87. The van der Waals surface area contributed by atoms with Crippen LogP contribution in [-0.4, -0.2) is 11.6 Å². The first-order chi connectivity index (χ1) is 6.92. The Morgan fingerprint density at radius 1 is 1.27 bits per heavy atom. The Kier molecular flexibility index (Phi) is 2.32. The first-order valence-electron chi connectivity index (χ1n) is 5.67. The van der Waals surface area contributed by atoms with Gasteiger partial charge in [-0.2, -0.15) is 0 Å². The van der Waals surface area contributed by atoms with E-state index in [1.165, 1.54) is 0 Å². The number of fused-ring (bicyclic) bond motifs is 1. The Labute approximate surface area is 90.7 Å². The lowest BCUT2D eigenvalue weighted by Gasteiger charge is -2.40. The Morgan fingerprint density at radius 3 is 2.60 bits per heavy atom. The minimum absolute atomic E-state index is 0.0192. The van der Waals surface area contributed by atoms with E-state index in [0.29, 0.717) is 5.78 Å². The lowest BCUT2D eigenvalue weighted by Crippen LogP contribution is -2.44. The quantitative estimate of drug-likeness (QED) is 0.610. The molecule has 0 unspecified atom stereocenters. The minimum atomic E-state index is -0.223. The van der Waals surface area contributed by atoms with E-state index in [9.17, 15) is 9.59 Å². The number of Topliss-reactive ketones (excluding diaryl/α,β-unsaturated/α-hetero) is 1. The summed E-state index contributed by atoms with van der Waals surface area (Å²) in [5, 5.41) is 0. The van der Waals surface area contributed by atoms with Gasteiger partial charge in [-0.25, -0.2) is 0 Å². The summed E-state index contributed by atoms with van der Waals surface area (Å²) in [6.07, 6.45) is 4.25. The van der Waals surface area contributed by atoms with Gasteiger partial charge in [0.15, 0.2) is 5.78 Å². The summed E-state index contributed by atoms with van der Waals surface area (Å²) in [5.74, 6) is 0.410. The smallest absolute Gasteiger partial charge is 0.159 e. The van der Waals surface area contributed by atoms with Crippen LogP contribution >= 0.6 is 0 Å². The number of hydrogen-bond donors (Lipinski definition) is 0. The molecule has 0 spiro atoms. The predicted octanol–water partition coefficient (Wildman–Crippen LogP) is 2.53. The summed E-state index contributed by atoms with van der Waals surface area (Å²) in [4.78, 5) is 24.0. The summed E-state index contributed by atoms with van der Waals surface area (Å²) in [5.41, 5.74) is 0.839. The van der Waals surface area contributed by atoms with Crippen molar-refractivity contribution in [3.63, 3.8) is 0 Å². The monoisotopic (exact) mass is 206 g/mol. The van der Waals surface area contributed by atoms with Gasteiger partial charge in [0, 0.05) is 17.3 Å². The van der Waals surface area contributed by atoms with Gasteiger partial charge in [0.1, 0.15) is 5.78 Å². The van der Waals surface area contributed by atoms with Crippen LogP contribution in [0, 0.1) is 17.3 Å². The SMILES string of the molecule is CC1=CC(=O)[C@@H]2CCC(C)(C)C(=O)[C@H]2C1. The molecule has 0 aromatic carbocycles. The number of hydrogen-bond acceptors (Lipinski definition) is 2.